The first-order valence-electron chi connectivity index (χ1n) is 9.22. The second-order valence-electron chi connectivity index (χ2n) is 7.87. The van der Waals surface area contributed by atoms with Gasteiger partial charge in [0.25, 0.3) is 0 Å². The van der Waals surface area contributed by atoms with Gasteiger partial charge in [0.1, 0.15) is 0 Å². The fourth-order valence-corrected chi connectivity index (χ4v) is 4.77. The van der Waals surface area contributed by atoms with Crippen LogP contribution in [0.3, 0.4) is 0 Å². The van der Waals surface area contributed by atoms with E-state index in [1.54, 1.807) is 11.3 Å². The highest BCUT2D eigenvalue weighted by Crippen LogP contribution is 2.39. The molecule has 0 aromatic carbocycles. The fraction of sp³-hybridized carbons (Fsp3) is 0.737. The van der Waals surface area contributed by atoms with Gasteiger partial charge in [-0.15, -0.1) is 0 Å². The third kappa shape index (κ3) is 4.58. The molecular weight excluding hydrogens is 318 g/mol. The van der Waals surface area contributed by atoms with Crippen molar-refractivity contribution in [2.75, 3.05) is 53.4 Å². The summed E-state index contributed by atoms with van der Waals surface area (Å²) in [5, 5.41) is 4.16. The SMILES string of the molecule is CN(C)CCN1CCC2(CCCN(C(=O)Cc3ccsc3)C2)CC1. The number of likely N-dealkylation sites (N-methyl/N-ethyl adjacent to an activating group) is 1. The summed E-state index contributed by atoms with van der Waals surface area (Å²) in [5.41, 5.74) is 1.56. The number of nitrogens with zero attached hydrogens (tertiary/aromatic N) is 3. The molecule has 2 aliphatic heterocycles. The van der Waals surface area contributed by atoms with Crippen molar-refractivity contribution < 1.29 is 4.79 Å². The van der Waals surface area contributed by atoms with Crippen molar-refractivity contribution in [1.29, 1.82) is 0 Å². The lowest BCUT2D eigenvalue weighted by molar-refractivity contribution is -0.135. The maximum absolute atomic E-state index is 12.6. The molecule has 0 saturated carbocycles. The number of carbonyl (C=O) groups excluding carboxylic acids is 1. The van der Waals surface area contributed by atoms with Gasteiger partial charge in [0, 0.05) is 26.2 Å². The molecular formula is C19H31N3OS. The Morgan fingerprint density at radius 1 is 1.25 bits per heavy atom. The molecule has 0 N–H and O–H groups in total. The van der Waals surface area contributed by atoms with E-state index < -0.39 is 0 Å². The van der Waals surface area contributed by atoms with Crippen molar-refractivity contribution in [3.8, 4) is 0 Å². The van der Waals surface area contributed by atoms with E-state index in [1.165, 1.54) is 50.9 Å². The molecule has 0 aliphatic carbocycles. The third-order valence-electron chi connectivity index (χ3n) is 5.73. The molecule has 3 rings (SSSR count). The molecule has 1 aromatic rings. The van der Waals surface area contributed by atoms with Gasteiger partial charge < -0.3 is 14.7 Å². The lowest BCUT2D eigenvalue weighted by Crippen LogP contribution is -2.52. The standard InChI is InChI=1S/C19H31N3OS/c1-20(2)11-12-21-9-6-19(7-10-21)5-3-8-22(16-19)18(23)14-17-4-13-24-15-17/h4,13,15H,3,5-12,14,16H2,1-2H3. The van der Waals surface area contributed by atoms with Crippen LogP contribution in [0.5, 0.6) is 0 Å². The average Bonchev–Trinajstić information content (AvgIpc) is 3.07. The summed E-state index contributed by atoms with van der Waals surface area (Å²) in [6.45, 7) is 6.63. The largest absolute Gasteiger partial charge is 0.342 e. The van der Waals surface area contributed by atoms with Gasteiger partial charge in [-0.05, 0) is 80.7 Å². The van der Waals surface area contributed by atoms with Gasteiger partial charge in [0.2, 0.25) is 5.91 Å². The van der Waals surface area contributed by atoms with E-state index in [1.807, 2.05) is 0 Å². The summed E-state index contributed by atoms with van der Waals surface area (Å²) in [6, 6.07) is 2.07. The van der Waals surface area contributed by atoms with Gasteiger partial charge in [0.15, 0.2) is 0 Å². The topological polar surface area (TPSA) is 26.8 Å². The predicted octanol–water partition coefficient (Wildman–Crippen LogP) is 2.56. The van der Waals surface area contributed by atoms with Crippen LogP contribution in [-0.2, 0) is 11.2 Å². The van der Waals surface area contributed by atoms with E-state index in [4.69, 9.17) is 0 Å². The Balaban J connectivity index is 1.51. The highest BCUT2D eigenvalue weighted by molar-refractivity contribution is 7.07. The Kier molecular flexibility index (Phi) is 5.95. The molecule has 1 spiro atoms. The van der Waals surface area contributed by atoms with Crippen molar-refractivity contribution in [3.05, 3.63) is 22.4 Å². The molecule has 2 fully saturated rings. The molecule has 4 nitrogen and oxygen atoms in total. The van der Waals surface area contributed by atoms with Gasteiger partial charge in [-0.25, -0.2) is 0 Å². The van der Waals surface area contributed by atoms with Gasteiger partial charge in [-0.2, -0.15) is 11.3 Å². The normalized spacial score (nSPS) is 21.5. The van der Waals surface area contributed by atoms with E-state index in [-0.39, 0.29) is 0 Å². The van der Waals surface area contributed by atoms with Crippen LogP contribution in [0.2, 0.25) is 0 Å². The summed E-state index contributed by atoms with van der Waals surface area (Å²) >= 11 is 1.68. The van der Waals surface area contributed by atoms with E-state index in [9.17, 15) is 4.79 Å². The summed E-state index contributed by atoms with van der Waals surface area (Å²) in [6.07, 6.45) is 5.56. The van der Waals surface area contributed by atoms with Crippen molar-refractivity contribution >= 4 is 17.2 Å². The van der Waals surface area contributed by atoms with Crippen LogP contribution < -0.4 is 0 Å². The molecule has 0 radical (unpaired) electrons. The minimum absolute atomic E-state index is 0.322. The molecule has 2 aliphatic rings. The Morgan fingerprint density at radius 3 is 2.71 bits per heavy atom. The molecule has 0 unspecified atom stereocenters. The van der Waals surface area contributed by atoms with E-state index in [0.29, 0.717) is 17.7 Å². The highest BCUT2D eigenvalue weighted by atomic mass is 32.1. The fourth-order valence-electron chi connectivity index (χ4n) is 4.10. The van der Waals surface area contributed by atoms with Crippen LogP contribution in [0.15, 0.2) is 16.8 Å². The van der Waals surface area contributed by atoms with Gasteiger partial charge >= 0.3 is 0 Å². The molecule has 5 heteroatoms. The minimum atomic E-state index is 0.322. The number of hydrogen-bond donors (Lipinski definition) is 0. The zero-order valence-corrected chi connectivity index (χ0v) is 16.0. The van der Waals surface area contributed by atoms with Crippen LogP contribution in [0, 0.1) is 5.41 Å². The summed E-state index contributed by atoms with van der Waals surface area (Å²) in [7, 11) is 4.28. The maximum atomic E-state index is 12.6. The van der Waals surface area contributed by atoms with Crippen molar-refractivity contribution in [2.45, 2.75) is 32.1 Å². The van der Waals surface area contributed by atoms with Gasteiger partial charge in [-0.1, -0.05) is 0 Å². The van der Waals surface area contributed by atoms with Crippen molar-refractivity contribution in [3.63, 3.8) is 0 Å². The second kappa shape index (κ2) is 7.98. The first-order chi connectivity index (χ1) is 11.6. The first kappa shape index (κ1) is 17.9. The molecule has 134 valence electrons. The molecule has 1 aromatic heterocycles. The molecule has 3 heterocycles. The lowest BCUT2D eigenvalue weighted by Gasteiger charge is -2.48. The summed E-state index contributed by atoms with van der Waals surface area (Å²) in [4.78, 5) is 19.7. The summed E-state index contributed by atoms with van der Waals surface area (Å²) < 4.78 is 0. The summed E-state index contributed by atoms with van der Waals surface area (Å²) in [5.74, 6) is 0.322. The van der Waals surface area contributed by atoms with Crippen molar-refractivity contribution in [2.24, 2.45) is 5.41 Å². The number of hydrogen-bond acceptors (Lipinski definition) is 4. The number of carbonyl (C=O) groups is 1. The maximum Gasteiger partial charge on any atom is 0.227 e. The van der Waals surface area contributed by atoms with Crippen LogP contribution >= 0.6 is 11.3 Å². The Bertz CT molecular complexity index is 521. The third-order valence-corrected chi connectivity index (χ3v) is 6.46. The number of likely N-dealkylation sites (tertiary alicyclic amines) is 2. The average molecular weight is 350 g/mol. The first-order valence-corrected chi connectivity index (χ1v) is 10.2. The quantitative estimate of drug-likeness (QED) is 0.817. The van der Waals surface area contributed by atoms with Crippen LogP contribution in [0.4, 0.5) is 0 Å². The highest BCUT2D eigenvalue weighted by Gasteiger charge is 2.39. The zero-order valence-electron chi connectivity index (χ0n) is 15.2. The molecule has 1 amide bonds. The smallest absolute Gasteiger partial charge is 0.227 e. The van der Waals surface area contributed by atoms with Gasteiger partial charge in [-0.3, -0.25) is 4.79 Å². The van der Waals surface area contributed by atoms with Crippen LogP contribution in [-0.4, -0.2) is 74.0 Å². The second-order valence-corrected chi connectivity index (χ2v) is 8.65. The van der Waals surface area contributed by atoms with Crippen LogP contribution in [0.25, 0.3) is 0 Å². The van der Waals surface area contributed by atoms with E-state index in [2.05, 4.69) is 45.6 Å². The lowest BCUT2D eigenvalue weighted by atomic mass is 9.72. The number of amides is 1. The molecule has 0 bridgehead atoms. The van der Waals surface area contributed by atoms with E-state index in [0.717, 1.165) is 19.6 Å². The minimum Gasteiger partial charge on any atom is -0.342 e. The Morgan fingerprint density at radius 2 is 2.04 bits per heavy atom. The Labute approximate surface area is 150 Å². The Hall–Kier alpha value is -0.910. The number of rotatable bonds is 5. The van der Waals surface area contributed by atoms with E-state index >= 15 is 0 Å². The zero-order chi connectivity index (χ0) is 17.0. The van der Waals surface area contributed by atoms with Crippen molar-refractivity contribution in [1.82, 2.24) is 14.7 Å². The number of piperidine rings is 2. The monoisotopic (exact) mass is 349 g/mol. The number of thiophene rings is 1. The molecule has 24 heavy (non-hydrogen) atoms. The molecule has 2 saturated heterocycles. The van der Waals surface area contributed by atoms with Crippen LogP contribution in [0.1, 0.15) is 31.2 Å². The molecule has 0 atom stereocenters. The van der Waals surface area contributed by atoms with Gasteiger partial charge in [0.05, 0.1) is 6.42 Å². The predicted molar refractivity (Wildman–Crippen MR) is 100 cm³/mol.